The second kappa shape index (κ2) is 7.95. The highest BCUT2D eigenvalue weighted by atomic mass is 19.1. The Kier molecular flexibility index (Phi) is 5.37. The van der Waals surface area contributed by atoms with Crippen molar-refractivity contribution in [2.75, 3.05) is 31.1 Å². The number of hydrogen-bond donors (Lipinski definition) is 0. The van der Waals surface area contributed by atoms with Gasteiger partial charge in [-0.1, -0.05) is 29.8 Å². The Bertz CT molecular complexity index is 897. The van der Waals surface area contributed by atoms with Crippen LogP contribution in [0, 0.1) is 12.7 Å². The van der Waals surface area contributed by atoms with Gasteiger partial charge in [0.15, 0.2) is 0 Å². The molecule has 2 heterocycles. The molecule has 0 N–H and O–H groups in total. The maximum Gasteiger partial charge on any atom is 0.253 e. The number of anilines is 1. The van der Waals surface area contributed by atoms with Gasteiger partial charge in [-0.25, -0.2) is 4.39 Å². The summed E-state index contributed by atoms with van der Waals surface area (Å²) in [6.07, 6.45) is 1.97. The topological polar surface area (TPSA) is 49.9 Å². The first-order chi connectivity index (χ1) is 13.9. The molecule has 0 bridgehead atoms. The second-order valence-corrected chi connectivity index (χ2v) is 8.01. The molecule has 2 aromatic carbocycles. The van der Waals surface area contributed by atoms with E-state index in [2.05, 4.69) is 0 Å². The largest absolute Gasteiger partial charge is 0.361 e. The Morgan fingerprint density at radius 3 is 2.55 bits per heavy atom. The lowest BCUT2D eigenvalue weighted by Crippen LogP contribution is -2.62. The van der Waals surface area contributed by atoms with Crippen LogP contribution >= 0.6 is 0 Å². The highest BCUT2D eigenvalue weighted by Crippen LogP contribution is 2.32. The predicted octanol–water partition coefficient (Wildman–Crippen LogP) is 3.10. The summed E-state index contributed by atoms with van der Waals surface area (Å²) in [6, 6.07) is 13.9. The lowest BCUT2D eigenvalue weighted by atomic mass is 9.90. The maximum atomic E-state index is 13.3. The highest BCUT2D eigenvalue weighted by Gasteiger charge is 2.44. The molecule has 0 radical (unpaired) electrons. The monoisotopic (exact) mass is 396 g/mol. The number of benzene rings is 2. The molecule has 2 fully saturated rings. The van der Waals surface area contributed by atoms with Crippen molar-refractivity contribution in [2.45, 2.75) is 31.8 Å². The number of morpholine rings is 1. The number of piperidine rings is 1. The first-order valence-electron chi connectivity index (χ1n) is 9.97. The van der Waals surface area contributed by atoms with Gasteiger partial charge in [-0.2, -0.15) is 0 Å². The minimum Gasteiger partial charge on any atom is -0.361 e. The molecule has 152 valence electrons. The summed E-state index contributed by atoms with van der Waals surface area (Å²) in [4.78, 5) is 28.8. The van der Waals surface area contributed by atoms with E-state index in [1.54, 1.807) is 17.0 Å². The van der Waals surface area contributed by atoms with Crippen LogP contribution in [0.15, 0.2) is 48.5 Å². The van der Waals surface area contributed by atoms with Gasteiger partial charge in [-0.3, -0.25) is 9.59 Å². The average molecular weight is 396 g/mol. The number of amides is 2. The molecular weight excluding hydrogens is 371 g/mol. The molecule has 0 aromatic heterocycles. The number of carbonyl (C=O) groups excluding carboxylic acids is 2. The number of nitrogens with zero attached hydrogens (tertiary/aromatic N) is 2. The van der Waals surface area contributed by atoms with E-state index in [1.165, 1.54) is 17.7 Å². The van der Waals surface area contributed by atoms with Crippen molar-refractivity contribution in [1.29, 1.82) is 0 Å². The van der Waals surface area contributed by atoms with Crippen LogP contribution in [-0.4, -0.2) is 48.6 Å². The third-order valence-electron chi connectivity index (χ3n) is 5.76. The molecule has 4 rings (SSSR count). The van der Waals surface area contributed by atoms with Gasteiger partial charge in [-0.05, 0) is 49.6 Å². The predicted molar refractivity (Wildman–Crippen MR) is 108 cm³/mol. The van der Waals surface area contributed by atoms with Gasteiger partial charge < -0.3 is 14.5 Å². The van der Waals surface area contributed by atoms with Gasteiger partial charge in [-0.15, -0.1) is 0 Å². The minimum atomic E-state index is -0.580. The fourth-order valence-electron chi connectivity index (χ4n) is 4.12. The number of hydrogen-bond acceptors (Lipinski definition) is 3. The Balaban J connectivity index is 1.47. The quantitative estimate of drug-likeness (QED) is 0.801. The zero-order valence-electron chi connectivity index (χ0n) is 16.6. The SMILES string of the molecule is Cc1ccc(CC(=O)N2CCCC3(C2)CN(c2ccc(F)cc2)C(=O)CO3)cc1. The number of carbonyl (C=O) groups is 2. The second-order valence-electron chi connectivity index (χ2n) is 8.01. The molecule has 2 aliphatic heterocycles. The zero-order chi connectivity index (χ0) is 20.4. The summed E-state index contributed by atoms with van der Waals surface area (Å²) < 4.78 is 19.2. The van der Waals surface area contributed by atoms with E-state index in [0.29, 0.717) is 31.7 Å². The maximum absolute atomic E-state index is 13.3. The zero-order valence-corrected chi connectivity index (χ0v) is 16.6. The van der Waals surface area contributed by atoms with E-state index < -0.39 is 5.60 Å². The van der Waals surface area contributed by atoms with Crippen molar-refractivity contribution in [1.82, 2.24) is 4.90 Å². The van der Waals surface area contributed by atoms with E-state index >= 15 is 0 Å². The van der Waals surface area contributed by atoms with Crippen LogP contribution in [0.5, 0.6) is 0 Å². The molecule has 2 saturated heterocycles. The normalized spacial score (nSPS) is 22.2. The van der Waals surface area contributed by atoms with Crippen LogP contribution in [0.4, 0.5) is 10.1 Å². The molecule has 1 spiro atoms. The molecule has 6 heteroatoms. The Labute approximate surface area is 170 Å². The summed E-state index contributed by atoms with van der Waals surface area (Å²) in [5.41, 5.74) is 2.23. The van der Waals surface area contributed by atoms with Crippen LogP contribution in [0.25, 0.3) is 0 Å². The molecule has 0 saturated carbocycles. The molecule has 1 unspecified atom stereocenters. The third-order valence-corrected chi connectivity index (χ3v) is 5.76. The summed E-state index contributed by atoms with van der Waals surface area (Å²) >= 11 is 0. The van der Waals surface area contributed by atoms with Gasteiger partial charge in [0, 0.05) is 12.2 Å². The van der Waals surface area contributed by atoms with E-state index in [0.717, 1.165) is 18.4 Å². The van der Waals surface area contributed by atoms with E-state index in [9.17, 15) is 14.0 Å². The minimum absolute atomic E-state index is 0.0304. The van der Waals surface area contributed by atoms with E-state index in [4.69, 9.17) is 4.74 Å². The van der Waals surface area contributed by atoms with Gasteiger partial charge in [0.05, 0.1) is 19.5 Å². The fourth-order valence-corrected chi connectivity index (χ4v) is 4.12. The van der Waals surface area contributed by atoms with Gasteiger partial charge in [0.2, 0.25) is 5.91 Å². The summed E-state index contributed by atoms with van der Waals surface area (Å²) in [5.74, 6) is -0.415. The number of halogens is 1. The van der Waals surface area contributed by atoms with Gasteiger partial charge in [0.25, 0.3) is 5.91 Å². The molecule has 2 aromatic rings. The lowest BCUT2D eigenvalue weighted by molar-refractivity contribution is -0.153. The summed E-state index contributed by atoms with van der Waals surface area (Å²) in [5, 5.41) is 0. The van der Waals surface area contributed by atoms with Crippen molar-refractivity contribution in [3.8, 4) is 0 Å². The third kappa shape index (κ3) is 4.32. The number of likely N-dealkylation sites (tertiary alicyclic amines) is 1. The molecule has 29 heavy (non-hydrogen) atoms. The first-order valence-corrected chi connectivity index (χ1v) is 9.97. The van der Waals surface area contributed by atoms with Crippen LogP contribution in [0.3, 0.4) is 0 Å². The van der Waals surface area contributed by atoms with Gasteiger partial charge >= 0.3 is 0 Å². The summed E-state index contributed by atoms with van der Waals surface area (Å²) in [6.45, 7) is 3.51. The Morgan fingerprint density at radius 2 is 1.83 bits per heavy atom. The van der Waals surface area contributed by atoms with Crippen molar-refractivity contribution in [2.24, 2.45) is 0 Å². The number of rotatable bonds is 3. The Hall–Kier alpha value is -2.73. The molecule has 1 atom stereocenters. The molecule has 2 amide bonds. The van der Waals surface area contributed by atoms with Gasteiger partial charge in [0.1, 0.15) is 18.0 Å². The Morgan fingerprint density at radius 1 is 1.10 bits per heavy atom. The van der Waals surface area contributed by atoms with Crippen LogP contribution in [0.2, 0.25) is 0 Å². The summed E-state index contributed by atoms with van der Waals surface area (Å²) in [7, 11) is 0. The van der Waals surface area contributed by atoms with Crippen molar-refractivity contribution in [3.05, 3.63) is 65.5 Å². The lowest BCUT2D eigenvalue weighted by Gasteiger charge is -2.47. The molecular formula is C23H25FN2O3. The van der Waals surface area contributed by atoms with Crippen LogP contribution < -0.4 is 4.90 Å². The first kappa shape index (κ1) is 19.6. The number of ether oxygens (including phenoxy) is 1. The number of aryl methyl sites for hydroxylation is 1. The molecule has 0 aliphatic carbocycles. The highest BCUT2D eigenvalue weighted by molar-refractivity contribution is 5.95. The van der Waals surface area contributed by atoms with Crippen molar-refractivity contribution >= 4 is 17.5 Å². The average Bonchev–Trinajstić information content (AvgIpc) is 2.72. The smallest absolute Gasteiger partial charge is 0.253 e. The standard InChI is InChI=1S/C23H25FN2O3/c1-17-3-5-18(6-4-17)13-21(27)25-12-2-11-23(15-25)16-26(22(28)14-29-23)20-9-7-19(24)8-10-20/h3-10H,2,11-16H2,1H3. The molecule has 5 nitrogen and oxygen atoms in total. The van der Waals surface area contributed by atoms with E-state index in [1.807, 2.05) is 36.1 Å². The van der Waals surface area contributed by atoms with E-state index in [-0.39, 0.29) is 24.2 Å². The molecule has 2 aliphatic rings. The van der Waals surface area contributed by atoms with Crippen molar-refractivity contribution in [3.63, 3.8) is 0 Å². The van der Waals surface area contributed by atoms with Crippen LogP contribution in [-0.2, 0) is 20.7 Å². The van der Waals surface area contributed by atoms with Crippen LogP contribution in [0.1, 0.15) is 24.0 Å². The van der Waals surface area contributed by atoms with Crippen molar-refractivity contribution < 1.29 is 18.7 Å². The fraction of sp³-hybridized carbons (Fsp3) is 0.391.